The molecule has 5 aliphatic rings. The van der Waals surface area contributed by atoms with Crippen LogP contribution in [0.3, 0.4) is 0 Å². The molecule has 4 saturated carbocycles. The van der Waals surface area contributed by atoms with Gasteiger partial charge in [0.2, 0.25) is 0 Å². The van der Waals surface area contributed by atoms with Crippen molar-refractivity contribution in [3.05, 3.63) is 12.2 Å². The first-order chi connectivity index (χ1) is 17.3. The summed E-state index contributed by atoms with van der Waals surface area (Å²) in [5, 5.41) is 11.5. The molecule has 12 atom stereocenters. The van der Waals surface area contributed by atoms with Crippen molar-refractivity contribution in [1.82, 2.24) is 0 Å². The molecule has 1 saturated heterocycles. The quantitative estimate of drug-likeness (QED) is 0.383. The Morgan fingerprint density at radius 2 is 1.70 bits per heavy atom. The molecule has 1 aliphatic heterocycles. The monoisotopic (exact) mass is 516 g/mol. The number of esters is 2. The van der Waals surface area contributed by atoms with Crippen molar-refractivity contribution >= 4 is 11.9 Å². The normalized spacial score (nSPS) is 50.8. The summed E-state index contributed by atoms with van der Waals surface area (Å²) in [6, 6.07) is 0. The van der Waals surface area contributed by atoms with E-state index in [0.29, 0.717) is 29.6 Å². The third-order valence-corrected chi connectivity index (χ3v) is 11.7. The minimum Gasteiger partial charge on any atom is -0.463 e. The number of rotatable bonds is 4. The van der Waals surface area contributed by atoms with E-state index in [4.69, 9.17) is 14.2 Å². The van der Waals surface area contributed by atoms with Gasteiger partial charge < -0.3 is 19.3 Å². The van der Waals surface area contributed by atoms with Crippen LogP contribution in [0.15, 0.2) is 12.2 Å². The third kappa shape index (κ3) is 4.29. The molecule has 1 N–H and O–H groups in total. The van der Waals surface area contributed by atoms with Gasteiger partial charge in [-0.05, 0) is 86.0 Å². The number of allylic oxidation sites excluding steroid dienone is 1. The molecule has 6 nitrogen and oxygen atoms in total. The van der Waals surface area contributed by atoms with E-state index in [1.54, 1.807) is 0 Å². The predicted molar refractivity (Wildman–Crippen MR) is 140 cm³/mol. The molecule has 0 aromatic heterocycles. The Kier molecular flexibility index (Phi) is 6.88. The van der Waals surface area contributed by atoms with Crippen LogP contribution < -0.4 is 0 Å². The first-order valence-electron chi connectivity index (χ1n) is 14.7. The predicted octanol–water partition coefficient (Wildman–Crippen LogP) is 5.66. The number of hydrogen-bond donors (Lipinski definition) is 1. The van der Waals surface area contributed by atoms with E-state index in [-0.39, 0.29) is 52.9 Å². The molecule has 208 valence electrons. The Bertz CT molecular complexity index is 944. The maximum Gasteiger partial charge on any atom is 0.302 e. The second-order valence-corrected chi connectivity index (χ2v) is 13.9. The summed E-state index contributed by atoms with van der Waals surface area (Å²) >= 11 is 0. The largest absolute Gasteiger partial charge is 0.463 e. The van der Waals surface area contributed by atoms with Crippen LogP contribution in [0.25, 0.3) is 0 Å². The highest BCUT2D eigenvalue weighted by Crippen LogP contribution is 2.71. The molecule has 0 aromatic rings. The Labute approximate surface area is 222 Å². The van der Waals surface area contributed by atoms with Crippen molar-refractivity contribution in [2.24, 2.45) is 52.3 Å². The molecular weight excluding hydrogens is 468 g/mol. The van der Waals surface area contributed by atoms with Crippen molar-refractivity contribution in [3.63, 3.8) is 0 Å². The Morgan fingerprint density at radius 3 is 2.35 bits per heavy atom. The van der Waals surface area contributed by atoms with Crippen molar-refractivity contribution in [3.8, 4) is 0 Å². The van der Waals surface area contributed by atoms with Crippen molar-refractivity contribution in [1.29, 1.82) is 0 Å². The molecular formula is C31H48O6. The van der Waals surface area contributed by atoms with E-state index < -0.39 is 5.79 Å². The summed E-state index contributed by atoms with van der Waals surface area (Å²) in [6.07, 6.45) is 10.7. The Hall–Kier alpha value is -1.40. The number of aliphatic hydroxyl groups is 1. The number of ether oxygens (including phenoxy) is 3. The molecule has 0 radical (unpaired) electrons. The smallest absolute Gasteiger partial charge is 0.302 e. The summed E-state index contributed by atoms with van der Waals surface area (Å²) in [4.78, 5) is 24.1. The van der Waals surface area contributed by atoms with Crippen molar-refractivity contribution in [2.75, 3.05) is 0 Å². The highest BCUT2D eigenvalue weighted by molar-refractivity contribution is 5.66. The fourth-order valence-electron chi connectivity index (χ4n) is 10.0. The number of fused-ring (bicyclic) bond motifs is 7. The zero-order chi connectivity index (χ0) is 26.9. The Morgan fingerprint density at radius 1 is 1.00 bits per heavy atom. The molecule has 0 bridgehead atoms. The van der Waals surface area contributed by atoms with Crippen LogP contribution in [0, 0.1) is 52.3 Å². The van der Waals surface area contributed by atoms with Crippen molar-refractivity contribution < 1.29 is 28.9 Å². The van der Waals surface area contributed by atoms with Gasteiger partial charge in [0, 0.05) is 31.1 Å². The lowest BCUT2D eigenvalue weighted by molar-refractivity contribution is -0.206. The third-order valence-electron chi connectivity index (χ3n) is 11.7. The van der Waals surface area contributed by atoms with Crippen LogP contribution in [0.5, 0.6) is 0 Å². The number of carbonyl (C=O) groups excluding carboxylic acids is 2. The maximum atomic E-state index is 12.4. The fraction of sp³-hybridized carbons (Fsp3) is 0.871. The lowest BCUT2D eigenvalue weighted by Crippen LogP contribution is -2.60. The average Bonchev–Trinajstić information content (AvgIpc) is 3.23. The number of hydrogen-bond acceptors (Lipinski definition) is 6. The van der Waals surface area contributed by atoms with E-state index in [1.807, 2.05) is 12.2 Å². The molecule has 0 aromatic carbocycles. The summed E-state index contributed by atoms with van der Waals surface area (Å²) in [5.74, 6) is 0.670. The van der Waals surface area contributed by atoms with E-state index in [1.165, 1.54) is 13.8 Å². The van der Waals surface area contributed by atoms with Crippen LogP contribution in [0.2, 0.25) is 0 Å². The molecule has 37 heavy (non-hydrogen) atoms. The first kappa shape index (κ1) is 27.2. The minimum absolute atomic E-state index is 0.0295. The molecule has 0 amide bonds. The molecule has 5 fully saturated rings. The highest BCUT2D eigenvalue weighted by atomic mass is 16.6. The summed E-state index contributed by atoms with van der Waals surface area (Å²) in [6.45, 7) is 14.2. The van der Waals surface area contributed by atoms with Gasteiger partial charge in [-0.25, -0.2) is 0 Å². The van der Waals surface area contributed by atoms with Crippen molar-refractivity contribution in [2.45, 2.75) is 118 Å². The van der Waals surface area contributed by atoms with Crippen LogP contribution in [-0.2, 0) is 23.8 Å². The molecule has 6 heteroatoms. The van der Waals surface area contributed by atoms with Gasteiger partial charge in [0.15, 0.2) is 5.79 Å². The molecule has 6 unspecified atom stereocenters. The van der Waals surface area contributed by atoms with E-state index in [9.17, 15) is 14.7 Å². The van der Waals surface area contributed by atoms with E-state index >= 15 is 0 Å². The van der Waals surface area contributed by atoms with Gasteiger partial charge in [0.05, 0.1) is 6.10 Å². The van der Waals surface area contributed by atoms with Gasteiger partial charge in [0.1, 0.15) is 12.2 Å². The average molecular weight is 517 g/mol. The standard InChI is InChI=1S/C31H48O6/c1-17(2)10-13-31(34)18(3)28-26(37-31)15-25-23-9-8-21-14-22(35-19(4)32)11-12-29(21,6)24(23)16-27(30(25,28)7)36-20(5)33/h10,13,17-18,21-28,34H,8-9,11-12,14-16H2,1-7H3/b13-10+/t18-,21+,22+,23?,24?,25?,26?,27-,28?,29-,30+,31?/m0/s1. The minimum atomic E-state index is -1.27. The van der Waals surface area contributed by atoms with Crippen LogP contribution >= 0.6 is 0 Å². The lowest BCUT2D eigenvalue weighted by Gasteiger charge is -2.62. The maximum absolute atomic E-state index is 12.4. The highest BCUT2D eigenvalue weighted by Gasteiger charge is 2.71. The zero-order valence-corrected chi connectivity index (χ0v) is 23.9. The lowest BCUT2D eigenvalue weighted by atomic mass is 9.43. The fourth-order valence-corrected chi connectivity index (χ4v) is 10.0. The van der Waals surface area contributed by atoms with Crippen LogP contribution in [0.1, 0.15) is 93.4 Å². The molecule has 4 aliphatic carbocycles. The Balaban J connectivity index is 1.45. The first-order valence-corrected chi connectivity index (χ1v) is 14.7. The van der Waals surface area contributed by atoms with Crippen LogP contribution in [-0.4, -0.2) is 41.1 Å². The zero-order valence-electron chi connectivity index (χ0n) is 23.9. The van der Waals surface area contributed by atoms with Gasteiger partial charge in [-0.3, -0.25) is 9.59 Å². The molecule has 5 rings (SSSR count). The summed E-state index contributed by atoms with van der Waals surface area (Å²) in [5.41, 5.74) is -0.0740. The summed E-state index contributed by atoms with van der Waals surface area (Å²) < 4.78 is 18.3. The van der Waals surface area contributed by atoms with Gasteiger partial charge in [0.25, 0.3) is 0 Å². The van der Waals surface area contributed by atoms with E-state index in [0.717, 1.165) is 44.9 Å². The van der Waals surface area contributed by atoms with Gasteiger partial charge in [-0.2, -0.15) is 0 Å². The second-order valence-electron chi connectivity index (χ2n) is 13.9. The van der Waals surface area contributed by atoms with Gasteiger partial charge in [-0.15, -0.1) is 0 Å². The van der Waals surface area contributed by atoms with E-state index in [2.05, 4.69) is 34.6 Å². The molecule has 0 spiro atoms. The number of carbonyl (C=O) groups is 2. The van der Waals surface area contributed by atoms with Gasteiger partial charge in [-0.1, -0.05) is 40.7 Å². The van der Waals surface area contributed by atoms with Gasteiger partial charge >= 0.3 is 11.9 Å². The topological polar surface area (TPSA) is 82.1 Å². The second kappa shape index (κ2) is 9.36. The molecule has 1 heterocycles. The SMILES string of the molecule is CC(=O)O[C@@H]1CC[C@]2(C)C3C[C@H](OC(C)=O)[C@@]4(C)C(CC5OC(O)(/C=C/C(C)C)[C@@H](C)C54)C3CC[C@@H]2C1. The van der Waals surface area contributed by atoms with Crippen LogP contribution in [0.4, 0.5) is 0 Å². The summed E-state index contributed by atoms with van der Waals surface area (Å²) in [7, 11) is 0.